The third-order valence-corrected chi connectivity index (χ3v) is 3.76. The molecule has 0 aliphatic carbocycles. The Morgan fingerprint density at radius 2 is 1.81 bits per heavy atom. The van der Waals surface area contributed by atoms with Gasteiger partial charge in [-0.3, -0.25) is 9.59 Å². The van der Waals surface area contributed by atoms with Crippen LogP contribution in [0.4, 0.5) is 18.9 Å². The number of alkyl halides is 3. The van der Waals surface area contributed by atoms with E-state index in [0.29, 0.717) is 5.56 Å². The second-order valence-corrected chi connectivity index (χ2v) is 5.86. The molecule has 2 aromatic rings. The first-order chi connectivity index (χ1) is 12.5. The molecule has 1 atom stereocenters. The summed E-state index contributed by atoms with van der Waals surface area (Å²) in [5, 5.41) is 2.11. The van der Waals surface area contributed by atoms with Crippen LogP contribution in [0.2, 0.25) is 0 Å². The maximum absolute atomic E-state index is 13.0. The summed E-state index contributed by atoms with van der Waals surface area (Å²) in [7, 11) is 1.52. The summed E-state index contributed by atoms with van der Waals surface area (Å²) in [5.74, 6) is -2.04. The molecule has 0 aliphatic rings. The molecule has 0 radical (unpaired) electrons. The molecule has 0 unspecified atom stereocenters. The van der Waals surface area contributed by atoms with Crippen molar-refractivity contribution in [1.82, 2.24) is 4.57 Å². The molecule has 0 bridgehead atoms. The van der Waals surface area contributed by atoms with E-state index >= 15 is 0 Å². The summed E-state index contributed by atoms with van der Waals surface area (Å²) in [4.78, 5) is 35.7. The van der Waals surface area contributed by atoms with Gasteiger partial charge in [-0.15, -0.1) is 0 Å². The van der Waals surface area contributed by atoms with Gasteiger partial charge in [-0.05, 0) is 32.0 Å². The first-order valence-electron chi connectivity index (χ1n) is 7.86. The van der Waals surface area contributed by atoms with Gasteiger partial charge in [0.1, 0.15) is 5.69 Å². The van der Waals surface area contributed by atoms with Crippen molar-refractivity contribution >= 4 is 23.3 Å². The van der Waals surface area contributed by atoms with Crippen LogP contribution in [0.25, 0.3) is 0 Å². The number of aromatic nitrogens is 1. The van der Waals surface area contributed by atoms with Crippen LogP contribution in [0, 0.1) is 0 Å². The van der Waals surface area contributed by atoms with Crippen LogP contribution in [0.3, 0.4) is 0 Å². The summed E-state index contributed by atoms with van der Waals surface area (Å²) in [6.07, 6.45) is -4.56. The maximum atomic E-state index is 13.0. The smallest absolute Gasteiger partial charge is 0.418 e. The SMILES string of the molecule is CC(=O)c1cc(C(=O)O[C@H](C)C(=O)Nc2ccccc2C(F)(F)F)n(C)c1. The van der Waals surface area contributed by atoms with Crippen LogP contribution in [0.1, 0.15) is 40.3 Å². The number of anilines is 1. The number of esters is 1. The molecule has 9 heteroatoms. The molecule has 0 aliphatic heterocycles. The van der Waals surface area contributed by atoms with Crippen molar-refractivity contribution in [2.75, 3.05) is 5.32 Å². The van der Waals surface area contributed by atoms with E-state index in [-0.39, 0.29) is 11.5 Å². The molecule has 6 nitrogen and oxygen atoms in total. The minimum absolute atomic E-state index is 0.0375. The highest BCUT2D eigenvalue weighted by Crippen LogP contribution is 2.34. The monoisotopic (exact) mass is 382 g/mol. The van der Waals surface area contributed by atoms with Crippen LogP contribution in [-0.4, -0.2) is 28.3 Å². The van der Waals surface area contributed by atoms with Gasteiger partial charge in [-0.1, -0.05) is 12.1 Å². The lowest BCUT2D eigenvalue weighted by Crippen LogP contribution is -2.31. The fraction of sp³-hybridized carbons (Fsp3) is 0.278. The molecule has 1 aromatic carbocycles. The van der Waals surface area contributed by atoms with Gasteiger partial charge in [0.2, 0.25) is 0 Å². The van der Waals surface area contributed by atoms with Crippen LogP contribution in [0.15, 0.2) is 36.5 Å². The largest absolute Gasteiger partial charge is 0.448 e. The van der Waals surface area contributed by atoms with E-state index in [2.05, 4.69) is 5.32 Å². The molecule has 1 heterocycles. The Hall–Kier alpha value is -3.10. The third-order valence-electron chi connectivity index (χ3n) is 3.76. The van der Waals surface area contributed by atoms with E-state index in [1.807, 2.05) is 0 Å². The maximum Gasteiger partial charge on any atom is 0.418 e. The average molecular weight is 382 g/mol. The van der Waals surface area contributed by atoms with Gasteiger partial charge in [-0.2, -0.15) is 13.2 Å². The van der Waals surface area contributed by atoms with Crippen LogP contribution in [-0.2, 0) is 22.8 Å². The predicted molar refractivity (Wildman–Crippen MR) is 90.4 cm³/mol. The summed E-state index contributed by atoms with van der Waals surface area (Å²) in [6.45, 7) is 2.57. The van der Waals surface area contributed by atoms with Crippen LogP contribution in [0.5, 0.6) is 0 Å². The Balaban J connectivity index is 2.11. The first-order valence-corrected chi connectivity index (χ1v) is 7.86. The third kappa shape index (κ3) is 4.75. The number of Topliss-reactive ketones (excluding diaryl/α,β-unsaturated/α-hetero) is 1. The average Bonchev–Trinajstić information content (AvgIpc) is 2.96. The summed E-state index contributed by atoms with van der Waals surface area (Å²) >= 11 is 0. The van der Waals surface area contributed by atoms with Crippen molar-refractivity contribution in [3.8, 4) is 0 Å². The zero-order chi connectivity index (χ0) is 20.4. The Morgan fingerprint density at radius 3 is 2.37 bits per heavy atom. The van der Waals surface area contributed by atoms with Gasteiger partial charge < -0.3 is 14.6 Å². The number of aryl methyl sites for hydroxylation is 1. The van der Waals surface area contributed by atoms with Gasteiger partial charge in [0.05, 0.1) is 11.3 Å². The molecule has 0 saturated carbocycles. The number of nitrogens with zero attached hydrogens (tertiary/aromatic N) is 1. The molecule has 1 aromatic heterocycles. The second-order valence-electron chi connectivity index (χ2n) is 5.86. The van der Waals surface area contributed by atoms with Crippen molar-refractivity contribution in [3.63, 3.8) is 0 Å². The highest BCUT2D eigenvalue weighted by atomic mass is 19.4. The molecular weight excluding hydrogens is 365 g/mol. The molecule has 1 amide bonds. The number of hydrogen-bond donors (Lipinski definition) is 1. The molecule has 1 N–H and O–H groups in total. The normalized spacial score (nSPS) is 12.4. The summed E-state index contributed by atoms with van der Waals surface area (Å²) in [6, 6.07) is 5.79. The zero-order valence-electron chi connectivity index (χ0n) is 14.8. The number of hydrogen-bond acceptors (Lipinski definition) is 4. The van der Waals surface area contributed by atoms with Crippen molar-refractivity contribution < 1.29 is 32.3 Å². The fourth-order valence-electron chi connectivity index (χ4n) is 2.31. The number of ether oxygens (including phenoxy) is 1. The lowest BCUT2D eigenvalue weighted by molar-refractivity contribution is -0.137. The van der Waals surface area contributed by atoms with Gasteiger partial charge in [-0.25, -0.2) is 4.79 Å². The van der Waals surface area contributed by atoms with Gasteiger partial charge in [0, 0.05) is 18.8 Å². The van der Waals surface area contributed by atoms with Gasteiger partial charge in [0.15, 0.2) is 11.9 Å². The van der Waals surface area contributed by atoms with E-state index in [9.17, 15) is 27.6 Å². The number of nitrogens with one attached hydrogen (secondary N) is 1. The Kier molecular flexibility index (Phi) is 5.72. The van der Waals surface area contributed by atoms with E-state index in [1.54, 1.807) is 0 Å². The van der Waals surface area contributed by atoms with Crippen LogP contribution >= 0.6 is 0 Å². The number of carbonyl (C=O) groups excluding carboxylic acids is 3. The summed E-state index contributed by atoms with van der Waals surface area (Å²) in [5.41, 5.74) is -1.11. The number of benzene rings is 1. The highest BCUT2D eigenvalue weighted by Gasteiger charge is 2.34. The highest BCUT2D eigenvalue weighted by molar-refractivity contribution is 5.99. The van der Waals surface area contributed by atoms with Gasteiger partial charge in [0.25, 0.3) is 5.91 Å². The Bertz CT molecular complexity index is 887. The van der Waals surface area contributed by atoms with Gasteiger partial charge >= 0.3 is 12.1 Å². The van der Waals surface area contributed by atoms with Crippen molar-refractivity contribution in [1.29, 1.82) is 0 Å². The zero-order valence-corrected chi connectivity index (χ0v) is 14.8. The molecule has 27 heavy (non-hydrogen) atoms. The number of ketones is 1. The number of amides is 1. The molecule has 0 saturated heterocycles. The van der Waals surface area contributed by atoms with E-state index in [0.717, 1.165) is 12.1 Å². The number of halogens is 3. The number of carbonyl (C=O) groups is 3. The topological polar surface area (TPSA) is 77.4 Å². The standard InChI is InChI=1S/C18H17F3N2O4/c1-10(24)12-8-15(23(3)9-12)17(26)27-11(2)16(25)22-14-7-5-4-6-13(14)18(19,20)21/h4-9,11H,1-3H3,(H,22,25)/t11-/m1/s1. The van der Waals surface area contributed by atoms with Crippen molar-refractivity contribution in [2.45, 2.75) is 26.1 Å². The molecule has 0 spiro atoms. The molecular formula is C18H17F3N2O4. The van der Waals surface area contributed by atoms with Crippen molar-refractivity contribution in [3.05, 3.63) is 53.3 Å². The number of rotatable bonds is 5. The van der Waals surface area contributed by atoms with E-state index < -0.39 is 35.4 Å². The lowest BCUT2D eigenvalue weighted by atomic mass is 10.1. The van der Waals surface area contributed by atoms with Crippen molar-refractivity contribution in [2.24, 2.45) is 7.05 Å². The number of para-hydroxylation sites is 1. The van der Waals surface area contributed by atoms with Crippen LogP contribution < -0.4 is 5.32 Å². The molecule has 144 valence electrons. The Labute approximate surface area is 152 Å². The Morgan fingerprint density at radius 1 is 1.19 bits per heavy atom. The lowest BCUT2D eigenvalue weighted by Gasteiger charge is -2.17. The second kappa shape index (κ2) is 7.65. The predicted octanol–water partition coefficient (Wildman–Crippen LogP) is 3.43. The first kappa shape index (κ1) is 20.2. The fourth-order valence-corrected chi connectivity index (χ4v) is 2.31. The minimum Gasteiger partial charge on any atom is -0.448 e. The molecule has 2 rings (SSSR count). The molecule has 0 fully saturated rings. The quantitative estimate of drug-likeness (QED) is 0.635. The minimum atomic E-state index is -4.64. The summed E-state index contributed by atoms with van der Waals surface area (Å²) < 4.78 is 45.3. The van der Waals surface area contributed by atoms with E-state index in [4.69, 9.17) is 4.74 Å². The van der Waals surface area contributed by atoms with E-state index in [1.165, 1.54) is 49.9 Å².